The van der Waals surface area contributed by atoms with Crippen molar-refractivity contribution in [3.8, 4) is 0 Å². The molecule has 3 N–H and O–H groups in total. The zero-order valence-corrected chi connectivity index (χ0v) is 10.1. The van der Waals surface area contributed by atoms with Crippen LogP contribution in [0.4, 0.5) is 5.69 Å². The highest BCUT2D eigenvalue weighted by Gasteiger charge is 2.42. The normalized spacial score (nSPS) is 16.9. The first kappa shape index (κ1) is 11.4. The monoisotopic (exact) mass is 285 g/mol. The van der Waals surface area contributed by atoms with Crippen molar-refractivity contribution in [2.45, 2.75) is 18.4 Å². The lowest BCUT2D eigenvalue weighted by Crippen LogP contribution is -2.26. The van der Waals surface area contributed by atoms with Gasteiger partial charge in [0.05, 0.1) is 17.7 Å². The molecule has 4 nitrogen and oxygen atoms in total. The molecule has 0 radical (unpaired) electrons. The molecule has 0 spiro atoms. The lowest BCUT2D eigenvalue weighted by Gasteiger charge is -2.17. The van der Waals surface area contributed by atoms with Crippen LogP contribution in [0.15, 0.2) is 22.7 Å². The molecule has 0 heterocycles. The van der Waals surface area contributed by atoms with Crippen molar-refractivity contribution in [2.24, 2.45) is 0 Å². The molecule has 0 amide bonds. The van der Waals surface area contributed by atoms with Crippen LogP contribution in [-0.2, 0) is 0 Å². The third-order valence-corrected chi connectivity index (χ3v) is 3.26. The number of nitrogens with one attached hydrogen (secondary N) is 1. The number of halogens is 1. The van der Waals surface area contributed by atoms with Crippen LogP contribution >= 0.6 is 15.9 Å². The Balaban J connectivity index is 2.29. The van der Waals surface area contributed by atoms with E-state index in [4.69, 9.17) is 5.11 Å². The summed E-state index contributed by atoms with van der Waals surface area (Å²) in [6.07, 6.45) is 1.75. The third kappa shape index (κ3) is 2.20. The summed E-state index contributed by atoms with van der Waals surface area (Å²) < 4.78 is 0.726. The first-order valence-electron chi connectivity index (χ1n) is 4.98. The molecule has 1 aromatic carbocycles. The van der Waals surface area contributed by atoms with Crippen molar-refractivity contribution < 1.29 is 15.0 Å². The number of anilines is 1. The van der Waals surface area contributed by atoms with Crippen molar-refractivity contribution in [2.75, 3.05) is 11.9 Å². The van der Waals surface area contributed by atoms with Gasteiger partial charge in [0.15, 0.2) is 0 Å². The van der Waals surface area contributed by atoms with Gasteiger partial charge in [-0.25, -0.2) is 4.79 Å². The van der Waals surface area contributed by atoms with Gasteiger partial charge in [-0.15, -0.1) is 0 Å². The van der Waals surface area contributed by atoms with Gasteiger partial charge >= 0.3 is 5.97 Å². The van der Waals surface area contributed by atoms with E-state index < -0.39 is 5.97 Å². The standard InChI is InChI=1S/C11H12BrNO3/c12-7-1-2-9(8(5-7)10(15)16)13-11(6-14)3-4-11/h1-2,5,13-14H,3-4,6H2,(H,15,16). The zero-order valence-electron chi connectivity index (χ0n) is 8.53. The molecule has 86 valence electrons. The van der Waals surface area contributed by atoms with E-state index in [2.05, 4.69) is 21.2 Å². The highest BCUT2D eigenvalue weighted by molar-refractivity contribution is 9.10. The number of carbonyl (C=O) groups is 1. The lowest BCUT2D eigenvalue weighted by atomic mass is 10.1. The second kappa shape index (κ2) is 4.07. The van der Waals surface area contributed by atoms with Gasteiger partial charge in [0.2, 0.25) is 0 Å². The second-order valence-corrected chi connectivity index (χ2v) is 4.97. The largest absolute Gasteiger partial charge is 0.478 e. The summed E-state index contributed by atoms with van der Waals surface area (Å²) in [5.41, 5.74) is 0.467. The first-order valence-corrected chi connectivity index (χ1v) is 5.77. The average Bonchev–Trinajstić information content (AvgIpc) is 3.01. The lowest BCUT2D eigenvalue weighted by molar-refractivity contribution is 0.0697. The van der Waals surface area contributed by atoms with Gasteiger partial charge in [-0.1, -0.05) is 15.9 Å². The summed E-state index contributed by atoms with van der Waals surface area (Å²) in [6, 6.07) is 5.05. The summed E-state index contributed by atoms with van der Waals surface area (Å²) in [6.45, 7) is 0.0299. The molecule has 0 aliphatic heterocycles. The topological polar surface area (TPSA) is 69.6 Å². The van der Waals surface area contributed by atoms with Gasteiger partial charge in [-0.2, -0.15) is 0 Å². The maximum absolute atomic E-state index is 11.0. The number of carboxylic acids is 1. The minimum atomic E-state index is -0.975. The van der Waals surface area contributed by atoms with Crippen LogP contribution in [0.5, 0.6) is 0 Å². The van der Waals surface area contributed by atoms with Crippen molar-refractivity contribution in [3.05, 3.63) is 28.2 Å². The SMILES string of the molecule is O=C(O)c1cc(Br)ccc1NC1(CO)CC1. The summed E-state index contributed by atoms with van der Waals surface area (Å²) in [5.74, 6) is -0.975. The Bertz CT molecular complexity index is 429. The zero-order chi connectivity index (χ0) is 11.8. The molecule has 1 aliphatic carbocycles. The molecule has 1 aliphatic rings. The van der Waals surface area contributed by atoms with E-state index in [1.807, 2.05) is 0 Å². The van der Waals surface area contributed by atoms with Crippen LogP contribution in [0.2, 0.25) is 0 Å². The van der Waals surface area contributed by atoms with E-state index in [1.165, 1.54) is 0 Å². The smallest absolute Gasteiger partial charge is 0.337 e. The van der Waals surface area contributed by atoms with Gasteiger partial charge < -0.3 is 15.5 Å². The molecular weight excluding hydrogens is 274 g/mol. The van der Waals surface area contributed by atoms with Crippen LogP contribution in [0, 0.1) is 0 Å². The molecule has 5 heteroatoms. The van der Waals surface area contributed by atoms with Crippen LogP contribution < -0.4 is 5.32 Å². The molecule has 0 aromatic heterocycles. The van der Waals surface area contributed by atoms with Crippen molar-refractivity contribution in [1.82, 2.24) is 0 Å². The number of carboxylic acid groups (broad SMARTS) is 1. The van der Waals surface area contributed by atoms with Crippen molar-refractivity contribution >= 4 is 27.6 Å². The van der Waals surface area contributed by atoms with Crippen LogP contribution in [0.25, 0.3) is 0 Å². The fourth-order valence-corrected chi connectivity index (χ4v) is 1.92. The molecule has 1 fully saturated rings. The summed E-state index contributed by atoms with van der Waals surface area (Å²) in [5, 5.41) is 21.3. The Morgan fingerprint density at radius 2 is 2.19 bits per heavy atom. The molecule has 2 rings (SSSR count). The molecule has 16 heavy (non-hydrogen) atoms. The van der Waals surface area contributed by atoms with Gasteiger partial charge in [0.1, 0.15) is 0 Å². The van der Waals surface area contributed by atoms with E-state index in [0.29, 0.717) is 5.69 Å². The van der Waals surface area contributed by atoms with E-state index in [0.717, 1.165) is 17.3 Å². The van der Waals surface area contributed by atoms with Gasteiger partial charge in [-0.3, -0.25) is 0 Å². The van der Waals surface area contributed by atoms with E-state index in [-0.39, 0.29) is 17.7 Å². The number of rotatable bonds is 4. The Labute approximate surface area is 101 Å². The number of hydrogen-bond donors (Lipinski definition) is 3. The Morgan fingerprint density at radius 3 is 2.69 bits per heavy atom. The van der Waals surface area contributed by atoms with Gasteiger partial charge in [0, 0.05) is 10.2 Å². The number of aliphatic hydroxyl groups is 1. The number of aliphatic hydroxyl groups excluding tert-OH is 1. The molecule has 0 bridgehead atoms. The minimum absolute atomic E-state index is 0.0299. The summed E-state index contributed by atoms with van der Waals surface area (Å²) in [4.78, 5) is 11.0. The molecule has 0 atom stereocenters. The Morgan fingerprint density at radius 1 is 1.50 bits per heavy atom. The fraction of sp³-hybridized carbons (Fsp3) is 0.364. The highest BCUT2D eigenvalue weighted by atomic mass is 79.9. The number of aromatic carboxylic acids is 1. The highest BCUT2D eigenvalue weighted by Crippen LogP contribution is 2.39. The molecule has 0 saturated heterocycles. The first-order chi connectivity index (χ1) is 7.56. The van der Waals surface area contributed by atoms with E-state index in [1.54, 1.807) is 18.2 Å². The van der Waals surface area contributed by atoms with E-state index >= 15 is 0 Å². The maximum Gasteiger partial charge on any atom is 0.337 e. The third-order valence-electron chi connectivity index (χ3n) is 2.77. The van der Waals surface area contributed by atoms with Crippen molar-refractivity contribution in [1.29, 1.82) is 0 Å². The van der Waals surface area contributed by atoms with Gasteiger partial charge in [0.25, 0.3) is 0 Å². The molecule has 1 aromatic rings. The Kier molecular flexibility index (Phi) is 2.90. The summed E-state index contributed by atoms with van der Waals surface area (Å²) >= 11 is 3.24. The van der Waals surface area contributed by atoms with Crippen molar-refractivity contribution in [3.63, 3.8) is 0 Å². The number of hydrogen-bond acceptors (Lipinski definition) is 3. The quantitative estimate of drug-likeness (QED) is 0.792. The predicted molar refractivity (Wildman–Crippen MR) is 63.8 cm³/mol. The second-order valence-electron chi connectivity index (χ2n) is 4.06. The predicted octanol–water partition coefficient (Wildman–Crippen LogP) is 2.08. The fourth-order valence-electron chi connectivity index (χ4n) is 1.56. The molecule has 1 saturated carbocycles. The van der Waals surface area contributed by atoms with Crippen LogP contribution in [0.3, 0.4) is 0 Å². The van der Waals surface area contributed by atoms with Crippen LogP contribution in [0.1, 0.15) is 23.2 Å². The molecule has 0 unspecified atom stereocenters. The van der Waals surface area contributed by atoms with E-state index in [9.17, 15) is 9.90 Å². The average molecular weight is 286 g/mol. The number of benzene rings is 1. The summed E-state index contributed by atoms with van der Waals surface area (Å²) in [7, 11) is 0. The molecular formula is C11H12BrNO3. The maximum atomic E-state index is 11.0. The van der Waals surface area contributed by atoms with Crippen LogP contribution in [-0.4, -0.2) is 28.3 Å². The van der Waals surface area contributed by atoms with Gasteiger partial charge in [-0.05, 0) is 31.0 Å². The Hall–Kier alpha value is -1.07. The minimum Gasteiger partial charge on any atom is -0.478 e.